The van der Waals surface area contributed by atoms with Crippen LogP contribution in [0.1, 0.15) is 27.8 Å². The van der Waals surface area contributed by atoms with E-state index in [1.807, 2.05) is 0 Å². The van der Waals surface area contributed by atoms with Gasteiger partial charge in [0, 0.05) is 0 Å². The van der Waals surface area contributed by atoms with E-state index in [0.29, 0.717) is 17.1 Å². The molecule has 0 unspecified atom stereocenters. The van der Waals surface area contributed by atoms with Crippen molar-refractivity contribution in [2.75, 3.05) is 17.2 Å². The maximum atomic E-state index is 13.6. The van der Waals surface area contributed by atoms with Crippen LogP contribution < -0.4 is 10.6 Å². The molecule has 0 bridgehead atoms. The zero-order valence-electron chi connectivity index (χ0n) is 15.0. The second kappa shape index (κ2) is 8.72. The van der Waals surface area contributed by atoms with E-state index in [-0.39, 0.29) is 18.0 Å². The summed E-state index contributed by atoms with van der Waals surface area (Å²) >= 11 is 0. The van der Waals surface area contributed by atoms with Crippen molar-refractivity contribution < 1.29 is 18.7 Å². The van der Waals surface area contributed by atoms with Crippen molar-refractivity contribution in [2.24, 2.45) is 0 Å². The standard InChI is InChI=1S/C20H17FN4O3/c1-2-28-20(27)13-7-3-5-9-15(13)22-18-12-11-17(24-25-18)19(26)23-16-10-6-4-8-14(16)21/h3-12H,2H2,1H3,(H,22,25)(H,23,26). The van der Waals surface area contributed by atoms with Gasteiger partial charge in [-0.25, -0.2) is 9.18 Å². The number of nitrogens with one attached hydrogen (secondary N) is 2. The van der Waals surface area contributed by atoms with Crippen molar-refractivity contribution in [1.29, 1.82) is 0 Å². The molecule has 0 atom stereocenters. The molecule has 0 aliphatic rings. The Kier molecular flexibility index (Phi) is 5.91. The van der Waals surface area contributed by atoms with Crippen molar-refractivity contribution in [3.05, 3.63) is 77.7 Å². The third kappa shape index (κ3) is 4.47. The van der Waals surface area contributed by atoms with Crippen LogP contribution in [0.25, 0.3) is 0 Å². The second-order valence-corrected chi connectivity index (χ2v) is 5.63. The van der Waals surface area contributed by atoms with E-state index in [2.05, 4.69) is 20.8 Å². The van der Waals surface area contributed by atoms with E-state index in [4.69, 9.17) is 4.74 Å². The summed E-state index contributed by atoms with van der Waals surface area (Å²) in [6.45, 7) is 1.99. The Hall–Kier alpha value is -3.81. The highest BCUT2D eigenvalue weighted by Crippen LogP contribution is 2.20. The van der Waals surface area contributed by atoms with Crippen molar-refractivity contribution >= 4 is 29.1 Å². The monoisotopic (exact) mass is 380 g/mol. The lowest BCUT2D eigenvalue weighted by molar-refractivity contribution is 0.0527. The lowest BCUT2D eigenvalue weighted by atomic mass is 10.2. The number of amides is 1. The zero-order valence-corrected chi connectivity index (χ0v) is 15.0. The number of para-hydroxylation sites is 2. The van der Waals surface area contributed by atoms with Gasteiger partial charge in [-0.1, -0.05) is 24.3 Å². The van der Waals surface area contributed by atoms with Gasteiger partial charge in [-0.05, 0) is 43.3 Å². The highest BCUT2D eigenvalue weighted by molar-refractivity contribution is 6.03. The van der Waals surface area contributed by atoms with E-state index >= 15 is 0 Å². The van der Waals surface area contributed by atoms with Gasteiger partial charge in [0.15, 0.2) is 11.5 Å². The summed E-state index contributed by atoms with van der Waals surface area (Å²) in [4.78, 5) is 24.2. The molecule has 1 heterocycles. The van der Waals surface area contributed by atoms with Crippen LogP contribution in [0, 0.1) is 5.82 Å². The van der Waals surface area contributed by atoms with Crippen molar-refractivity contribution in [3.63, 3.8) is 0 Å². The van der Waals surface area contributed by atoms with Crippen molar-refractivity contribution in [3.8, 4) is 0 Å². The minimum Gasteiger partial charge on any atom is -0.462 e. The topological polar surface area (TPSA) is 93.2 Å². The third-order valence-electron chi connectivity index (χ3n) is 3.70. The van der Waals surface area contributed by atoms with Crippen LogP contribution in [0.5, 0.6) is 0 Å². The number of halogens is 1. The molecule has 3 rings (SSSR count). The molecule has 1 amide bonds. The van der Waals surface area contributed by atoms with Crippen LogP contribution >= 0.6 is 0 Å². The first-order valence-electron chi connectivity index (χ1n) is 8.51. The van der Waals surface area contributed by atoms with Crippen LogP contribution in [-0.2, 0) is 4.74 Å². The number of esters is 1. The molecular formula is C20H17FN4O3. The predicted molar refractivity (Wildman–Crippen MR) is 102 cm³/mol. The number of carbonyl (C=O) groups excluding carboxylic acids is 2. The maximum absolute atomic E-state index is 13.6. The highest BCUT2D eigenvalue weighted by atomic mass is 19.1. The van der Waals surface area contributed by atoms with Gasteiger partial charge in [-0.15, -0.1) is 10.2 Å². The summed E-state index contributed by atoms with van der Waals surface area (Å²) in [6.07, 6.45) is 0. The van der Waals surface area contributed by atoms with Gasteiger partial charge >= 0.3 is 5.97 Å². The Bertz CT molecular complexity index is 993. The van der Waals surface area contributed by atoms with E-state index in [1.54, 1.807) is 37.3 Å². The number of hydrogen-bond acceptors (Lipinski definition) is 6. The molecule has 3 aromatic rings. The number of rotatable bonds is 6. The molecule has 0 radical (unpaired) electrons. The van der Waals surface area contributed by atoms with Crippen LogP contribution in [-0.4, -0.2) is 28.7 Å². The molecule has 0 aliphatic carbocycles. The van der Waals surface area contributed by atoms with E-state index in [0.717, 1.165) is 0 Å². The fourth-order valence-electron chi connectivity index (χ4n) is 2.39. The predicted octanol–water partition coefficient (Wildman–Crippen LogP) is 3.79. The van der Waals surface area contributed by atoms with E-state index in [1.165, 1.54) is 30.3 Å². The fourth-order valence-corrected chi connectivity index (χ4v) is 2.39. The Labute approximate surface area is 160 Å². The molecule has 2 N–H and O–H groups in total. The first kappa shape index (κ1) is 19.0. The van der Waals surface area contributed by atoms with Crippen LogP contribution in [0.2, 0.25) is 0 Å². The molecule has 0 saturated carbocycles. The molecule has 142 valence electrons. The largest absolute Gasteiger partial charge is 0.462 e. The quantitative estimate of drug-likeness (QED) is 0.632. The lowest BCUT2D eigenvalue weighted by Crippen LogP contribution is -2.15. The maximum Gasteiger partial charge on any atom is 0.340 e. The van der Waals surface area contributed by atoms with Gasteiger partial charge in [0.05, 0.1) is 23.5 Å². The van der Waals surface area contributed by atoms with Crippen LogP contribution in [0.15, 0.2) is 60.7 Å². The number of benzene rings is 2. The fraction of sp³-hybridized carbons (Fsp3) is 0.100. The van der Waals surface area contributed by atoms with Gasteiger partial charge in [-0.2, -0.15) is 0 Å². The van der Waals surface area contributed by atoms with Crippen molar-refractivity contribution in [1.82, 2.24) is 10.2 Å². The summed E-state index contributed by atoms with van der Waals surface area (Å²) in [5.41, 5.74) is 0.929. The summed E-state index contributed by atoms with van der Waals surface area (Å²) in [5.74, 6) is -1.26. The zero-order chi connectivity index (χ0) is 19.9. The number of ether oxygens (including phenoxy) is 1. The minimum atomic E-state index is -0.587. The average molecular weight is 380 g/mol. The van der Waals surface area contributed by atoms with Gasteiger partial charge in [0.2, 0.25) is 0 Å². The van der Waals surface area contributed by atoms with E-state index in [9.17, 15) is 14.0 Å². The number of carbonyl (C=O) groups is 2. The number of anilines is 3. The first-order valence-corrected chi connectivity index (χ1v) is 8.51. The Morgan fingerprint density at radius 3 is 2.36 bits per heavy atom. The van der Waals surface area contributed by atoms with Gasteiger partial charge < -0.3 is 15.4 Å². The summed E-state index contributed by atoms with van der Waals surface area (Å²) in [5, 5.41) is 13.2. The number of nitrogens with zero attached hydrogens (tertiary/aromatic N) is 2. The minimum absolute atomic E-state index is 0.0208. The van der Waals surface area contributed by atoms with Crippen molar-refractivity contribution in [2.45, 2.75) is 6.92 Å². The highest BCUT2D eigenvalue weighted by Gasteiger charge is 2.14. The third-order valence-corrected chi connectivity index (χ3v) is 3.70. The first-order chi connectivity index (χ1) is 13.6. The number of hydrogen-bond donors (Lipinski definition) is 2. The number of aromatic nitrogens is 2. The summed E-state index contributed by atoms with van der Waals surface area (Å²) < 4.78 is 18.7. The molecule has 0 spiro atoms. The molecule has 28 heavy (non-hydrogen) atoms. The smallest absolute Gasteiger partial charge is 0.340 e. The molecule has 2 aromatic carbocycles. The molecule has 0 fully saturated rings. The molecule has 7 nitrogen and oxygen atoms in total. The van der Waals surface area contributed by atoms with Gasteiger partial charge in [-0.3, -0.25) is 4.79 Å². The lowest BCUT2D eigenvalue weighted by Gasteiger charge is -2.10. The van der Waals surface area contributed by atoms with Gasteiger partial charge in [0.1, 0.15) is 5.82 Å². The normalized spacial score (nSPS) is 10.2. The van der Waals surface area contributed by atoms with Gasteiger partial charge in [0.25, 0.3) is 5.91 Å². The Balaban J connectivity index is 1.73. The molecule has 0 aliphatic heterocycles. The molecule has 0 saturated heterocycles. The second-order valence-electron chi connectivity index (χ2n) is 5.63. The molecule has 1 aromatic heterocycles. The SMILES string of the molecule is CCOC(=O)c1ccccc1Nc1ccc(C(=O)Nc2ccccc2F)nn1. The average Bonchev–Trinajstić information content (AvgIpc) is 2.71. The Morgan fingerprint density at radius 1 is 0.964 bits per heavy atom. The molecular weight excluding hydrogens is 363 g/mol. The summed E-state index contributed by atoms with van der Waals surface area (Å²) in [7, 11) is 0. The van der Waals surface area contributed by atoms with Crippen LogP contribution in [0.4, 0.5) is 21.6 Å². The molecule has 8 heteroatoms. The van der Waals surface area contributed by atoms with Crippen LogP contribution in [0.3, 0.4) is 0 Å². The Morgan fingerprint density at radius 2 is 1.68 bits per heavy atom. The van der Waals surface area contributed by atoms with E-state index < -0.39 is 17.7 Å². The summed E-state index contributed by atoms with van der Waals surface area (Å²) in [6, 6.07) is 15.6.